The van der Waals surface area contributed by atoms with Gasteiger partial charge in [0.25, 0.3) is 12.0 Å². The summed E-state index contributed by atoms with van der Waals surface area (Å²) in [5.41, 5.74) is 3.15. The van der Waals surface area contributed by atoms with Crippen LogP contribution in [-0.2, 0) is 11.2 Å². The number of rotatable bonds is 10. The van der Waals surface area contributed by atoms with Crippen molar-refractivity contribution in [2.45, 2.75) is 20.3 Å². The largest absolute Gasteiger partial charge is 0.507 e. The molecule has 14 nitrogen and oxygen atoms in total. The third-order valence-corrected chi connectivity index (χ3v) is 7.03. The van der Waals surface area contributed by atoms with Crippen LogP contribution in [0.15, 0.2) is 75.6 Å². The highest BCUT2D eigenvalue weighted by molar-refractivity contribution is 5.99. The molecule has 6 rings (SSSR count). The van der Waals surface area contributed by atoms with E-state index in [-0.39, 0.29) is 41.3 Å². The molecule has 0 atom stereocenters. The standard InChI is InChI=1S/2C17H16N2O5/c1-3-23-16(21)10-8-12-15(9-13(10)20)24-17(19-12)18-11-6-4-5-7-14(11)22-2;1-3-9-14(16(21)22)11(20)8-13-15(9)19-17(24-13)18-10-6-4-5-7-12(10)23-2/h4-9,20H,3H2,1-2H3,(H,18,19);4-8,20H,3H2,1-2H3,(H,18,19)(H,21,22). The van der Waals surface area contributed by atoms with Crippen molar-refractivity contribution in [1.82, 2.24) is 9.97 Å². The fourth-order valence-corrected chi connectivity index (χ4v) is 4.87. The second-order valence-corrected chi connectivity index (χ2v) is 10.0. The summed E-state index contributed by atoms with van der Waals surface area (Å²) >= 11 is 0. The molecule has 2 aromatic heterocycles. The van der Waals surface area contributed by atoms with Crippen LogP contribution in [0.5, 0.6) is 23.0 Å². The average molecular weight is 657 g/mol. The maximum atomic E-state index is 11.8. The lowest BCUT2D eigenvalue weighted by Gasteiger charge is -2.07. The number of aryl methyl sites for hydroxylation is 1. The Bertz CT molecular complexity index is 2100. The minimum atomic E-state index is -1.20. The molecule has 0 spiro atoms. The van der Waals surface area contributed by atoms with Crippen molar-refractivity contribution in [3.8, 4) is 23.0 Å². The number of aromatic nitrogens is 2. The van der Waals surface area contributed by atoms with Gasteiger partial charge in [-0.2, -0.15) is 9.97 Å². The van der Waals surface area contributed by atoms with Crippen LogP contribution in [0.1, 0.15) is 40.1 Å². The summed E-state index contributed by atoms with van der Waals surface area (Å²) in [5, 5.41) is 35.2. The fourth-order valence-electron chi connectivity index (χ4n) is 4.87. The van der Waals surface area contributed by atoms with Gasteiger partial charge in [0.05, 0.1) is 32.2 Å². The van der Waals surface area contributed by atoms with E-state index in [4.69, 9.17) is 23.0 Å². The van der Waals surface area contributed by atoms with Crippen molar-refractivity contribution >= 4 is 57.5 Å². The Kier molecular flexibility index (Phi) is 9.83. The Morgan fingerprint density at radius 2 is 1.35 bits per heavy atom. The first-order valence-corrected chi connectivity index (χ1v) is 14.7. The summed E-state index contributed by atoms with van der Waals surface area (Å²) in [5.74, 6) is -1.13. The van der Waals surface area contributed by atoms with Crippen molar-refractivity contribution in [3.63, 3.8) is 0 Å². The summed E-state index contributed by atoms with van der Waals surface area (Å²) in [4.78, 5) is 31.8. The van der Waals surface area contributed by atoms with E-state index in [0.29, 0.717) is 57.1 Å². The molecule has 248 valence electrons. The maximum Gasteiger partial charge on any atom is 0.341 e. The number of fused-ring (bicyclic) bond motifs is 2. The second-order valence-electron chi connectivity index (χ2n) is 10.0. The zero-order valence-electron chi connectivity index (χ0n) is 26.4. The predicted molar refractivity (Wildman–Crippen MR) is 176 cm³/mol. The number of hydrogen-bond acceptors (Lipinski definition) is 13. The van der Waals surface area contributed by atoms with Gasteiger partial charge < -0.3 is 49.0 Å². The van der Waals surface area contributed by atoms with Gasteiger partial charge in [0, 0.05) is 12.1 Å². The number of aromatic hydroxyl groups is 2. The molecule has 0 radical (unpaired) electrons. The van der Waals surface area contributed by atoms with Crippen LogP contribution < -0.4 is 20.1 Å². The second kappa shape index (κ2) is 14.3. The number of carboxylic acid groups (broad SMARTS) is 1. The molecule has 48 heavy (non-hydrogen) atoms. The zero-order valence-corrected chi connectivity index (χ0v) is 26.4. The lowest BCUT2D eigenvalue weighted by molar-refractivity contribution is 0.0522. The highest BCUT2D eigenvalue weighted by atomic mass is 16.5. The minimum Gasteiger partial charge on any atom is -0.507 e. The monoisotopic (exact) mass is 656 g/mol. The first-order chi connectivity index (χ1) is 23.2. The van der Waals surface area contributed by atoms with E-state index in [1.807, 2.05) is 30.3 Å². The van der Waals surface area contributed by atoms with Crippen LogP contribution in [0, 0.1) is 0 Å². The number of anilines is 4. The van der Waals surface area contributed by atoms with Crippen LogP contribution in [0.3, 0.4) is 0 Å². The van der Waals surface area contributed by atoms with E-state index in [1.54, 1.807) is 46.3 Å². The van der Waals surface area contributed by atoms with Crippen molar-refractivity contribution in [1.29, 1.82) is 0 Å². The summed E-state index contributed by atoms with van der Waals surface area (Å²) in [6.45, 7) is 3.71. The van der Waals surface area contributed by atoms with Crippen molar-refractivity contribution in [3.05, 3.63) is 83.4 Å². The number of nitrogens with one attached hydrogen (secondary N) is 2. The Hall–Kier alpha value is -6.44. The molecule has 6 aromatic rings. The number of carbonyl (C=O) groups is 2. The van der Waals surface area contributed by atoms with E-state index < -0.39 is 11.9 Å². The Morgan fingerprint density at radius 1 is 0.792 bits per heavy atom. The lowest BCUT2D eigenvalue weighted by atomic mass is 10.0. The van der Waals surface area contributed by atoms with Gasteiger partial charge in [-0.3, -0.25) is 0 Å². The first kappa shape index (κ1) is 32.9. The van der Waals surface area contributed by atoms with Crippen LogP contribution in [-0.4, -0.2) is 58.1 Å². The zero-order chi connectivity index (χ0) is 34.4. The third-order valence-electron chi connectivity index (χ3n) is 7.03. The molecule has 0 saturated carbocycles. The SMILES string of the molecule is CCOC(=O)c1cc2nc(Nc3ccccc3OC)oc2cc1O.CCc1c(C(=O)O)c(O)cc2oc(Nc3ccccc3OC)nc12. The van der Waals surface area contributed by atoms with Crippen molar-refractivity contribution in [2.24, 2.45) is 0 Å². The van der Waals surface area contributed by atoms with Gasteiger partial charge >= 0.3 is 11.9 Å². The van der Waals surface area contributed by atoms with Crippen LogP contribution in [0.4, 0.5) is 23.4 Å². The summed E-state index contributed by atoms with van der Waals surface area (Å²) in [7, 11) is 3.12. The smallest absolute Gasteiger partial charge is 0.341 e. The fraction of sp³-hybridized carbons (Fsp3) is 0.176. The first-order valence-electron chi connectivity index (χ1n) is 14.7. The van der Waals surface area contributed by atoms with Crippen LogP contribution >= 0.6 is 0 Å². The third kappa shape index (κ3) is 6.87. The summed E-state index contributed by atoms with van der Waals surface area (Å²) < 4.78 is 26.6. The number of carbonyl (C=O) groups excluding carboxylic acids is 1. The Labute approximate surface area is 273 Å². The van der Waals surface area contributed by atoms with E-state index in [9.17, 15) is 24.9 Å². The number of nitrogens with zero attached hydrogens (tertiary/aromatic N) is 2. The molecule has 0 bridgehead atoms. The number of para-hydroxylation sites is 4. The number of phenolic OH excluding ortho intramolecular Hbond substituents is 1. The van der Waals surface area contributed by atoms with Crippen molar-refractivity contribution < 1.29 is 48.0 Å². The molecule has 2 heterocycles. The lowest BCUT2D eigenvalue weighted by Crippen LogP contribution is -2.04. The normalized spacial score (nSPS) is 10.7. The predicted octanol–water partition coefficient (Wildman–Crippen LogP) is 7.01. The van der Waals surface area contributed by atoms with E-state index in [2.05, 4.69) is 20.6 Å². The molecule has 5 N–H and O–H groups in total. The molecule has 0 unspecified atom stereocenters. The molecule has 14 heteroatoms. The van der Waals surface area contributed by atoms with Gasteiger partial charge in [0.2, 0.25) is 0 Å². The van der Waals surface area contributed by atoms with E-state index in [1.165, 1.54) is 18.2 Å². The van der Waals surface area contributed by atoms with Gasteiger partial charge in [-0.1, -0.05) is 31.2 Å². The number of phenols is 2. The molecule has 4 aromatic carbocycles. The molecular formula is C34H32N4O10. The molecule has 0 fully saturated rings. The molecule has 0 amide bonds. The minimum absolute atomic E-state index is 0.0430. The molecule has 0 aliphatic heterocycles. The number of methoxy groups -OCH3 is 2. The van der Waals surface area contributed by atoms with Gasteiger partial charge in [0.1, 0.15) is 45.2 Å². The molecule has 0 saturated heterocycles. The Morgan fingerprint density at radius 3 is 1.92 bits per heavy atom. The number of ether oxygens (including phenoxy) is 3. The van der Waals surface area contributed by atoms with E-state index in [0.717, 1.165) is 0 Å². The van der Waals surface area contributed by atoms with Crippen LogP contribution in [0.25, 0.3) is 22.2 Å². The Balaban J connectivity index is 0.000000188. The van der Waals surface area contributed by atoms with Gasteiger partial charge in [-0.05, 0) is 49.2 Å². The van der Waals surface area contributed by atoms with Crippen LogP contribution in [0.2, 0.25) is 0 Å². The maximum absolute atomic E-state index is 11.8. The summed E-state index contributed by atoms with van der Waals surface area (Å²) in [6.07, 6.45) is 0.396. The van der Waals surface area contributed by atoms with Gasteiger partial charge in [-0.25, -0.2) is 9.59 Å². The van der Waals surface area contributed by atoms with Gasteiger partial charge in [-0.15, -0.1) is 0 Å². The number of aromatic carboxylic acids is 1. The topological polar surface area (TPSA) is 199 Å². The van der Waals surface area contributed by atoms with Crippen molar-refractivity contribution in [2.75, 3.05) is 31.5 Å². The molecular weight excluding hydrogens is 624 g/mol. The average Bonchev–Trinajstić information content (AvgIpc) is 3.66. The quantitative estimate of drug-likeness (QED) is 0.0943. The summed E-state index contributed by atoms with van der Waals surface area (Å²) in [6, 6.07) is 19.0. The number of hydrogen-bond donors (Lipinski definition) is 5. The highest BCUT2D eigenvalue weighted by Gasteiger charge is 2.22. The van der Waals surface area contributed by atoms with Gasteiger partial charge in [0.15, 0.2) is 11.2 Å². The molecule has 0 aliphatic carbocycles. The number of esters is 1. The number of carboxylic acids is 1. The number of benzene rings is 4. The highest BCUT2D eigenvalue weighted by Crippen LogP contribution is 2.35. The van der Waals surface area contributed by atoms with E-state index >= 15 is 0 Å². The molecule has 0 aliphatic rings. The number of oxazole rings is 2.